The van der Waals surface area contributed by atoms with Gasteiger partial charge in [-0.15, -0.1) is 0 Å². The molecule has 0 spiro atoms. The van der Waals surface area contributed by atoms with E-state index in [-0.39, 0.29) is 18.2 Å². The average Bonchev–Trinajstić information content (AvgIpc) is 2.66. The van der Waals surface area contributed by atoms with Crippen molar-refractivity contribution in [3.8, 4) is 0 Å². The highest BCUT2D eigenvalue weighted by Gasteiger charge is 2.38. The molecule has 0 aliphatic carbocycles. The van der Waals surface area contributed by atoms with Gasteiger partial charge in [0.1, 0.15) is 6.61 Å². The molecular weight excluding hydrogens is 312 g/mol. The van der Waals surface area contributed by atoms with Crippen LogP contribution in [0.4, 0.5) is 4.79 Å². The smallest absolute Gasteiger partial charge is 0.410 e. The molecule has 3 heterocycles. The van der Waals surface area contributed by atoms with Crippen molar-refractivity contribution in [2.75, 3.05) is 0 Å². The fourth-order valence-electron chi connectivity index (χ4n) is 3.87. The summed E-state index contributed by atoms with van der Waals surface area (Å²) in [6, 6.07) is 14.3. The van der Waals surface area contributed by atoms with Crippen molar-refractivity contribution in [3.05, 3.63) is 72.1 Å². The molecule has 4 heteroatoms. The Morgan fingerprint density at radius 3 is 2.80 bits per heavy atom. The monoisotopic (exact) mass is 334 g/mol. The van der Waals surface area contributed by atoms with Crippen molar-refractivity contribution in [1.82, 2.24) is 9.88 Å². The Morgan fingerprint density at radius 2 is 2.04 bits per heavy atom. The van der Waals surface area contributed by atoms with E-state index in [9.17, 15) is 4.79 Å². The van der Waals surface area contributed by atoms with Gasteiger partial charge in [0.25, 0.3) is 0 Å². The Bertz CT molecular complexity index is 758. The third kappa shape index (κ3) is 3.43. The van der Waals surface area contributed by atoms with E-state index >= 15 is 0 Å². The Morgan fingerprint density at radius 1 is 1.16 bits per heavy atom. The number of rotatable bonds is 3. The van der Waals surface area contributed by atoms with Crippen LogP contribution in [0, 0.1) is 0 Å². The predicted molar refractivity (Wildman–Crippen MR) is 96.7 cm³/mol. The lowest BCUT2D eigenvalue weighted by Gasteiger charge is -2.44. The van der Waals surface area contributed by atoms with E-state index in [1.54, 1.807) is 6.20 Å². The number of aromatic nitrogens is 1. The minimum Gasteiger partial charge on any atom is -0.445 e. The fourth-order valence-corrected chi connectivity index (χ4v) is 3.87. The largest absolute Gasteiger partial charge is 0.445 e. The standard InChI is InChI=1S/C21H22N2O2/c24-21(25-15-16-6-2-1-3-7-16)23-19-9-4-10-20(23)13-18(12-19)17-8-5-11-22-14-17/h1-3,5-8,11-12,14,19-20H,4,9-10,13,15H2. The lowest BCUT2D eigenvalue weighted by molar-refractivity contribution is 0.0510. The second-order valence-electron chi connectivity index (χ2n) is 6.74. The van der Waals surface area contributed by atoms with E-state index in [1.807, 2.05) is 47.5 Å². The second kappa shape index (κ2) is 7.09. The van der Waals surface area contributed by atoms with Crippen LogP contribution < -0.4 is 0 Å². The van der Waals surface area contributed by atoms with Gasteiger partial charge in [0.2, 0.25) is 0 Å². The normalized spacial score (nSPS) is 22.2. The summed E-state index contributed by atoms with van der Waals surface area (Å²) >= 11 is 0. The van der Waals surface area contributed by atoms with Crippen LogP contribution in [0.2, 0.25) is 0 Å². The summed E-state index contributed by atoms with van der Waals surface area (Å²) in [5.41, 5.74) is 3.48. The Kier molecular flexibility index (Phi) is 4.51. The van der Waals surface area contributed by atoms with Gasteiger partial charge < -0.3 is 4.74 Å². The predicted octanol–water partition coefficient (Wildman–Crippen LogP) is 4.43. The summed E-state index contributed by atoms with van der Waals surface area (Å²) in [6.45, 7) is 0.328. The number of carbonyl (C=O) groups excluding carboxylic acids is 1. The Labute approximate surface area is 148 Å². The Balaban J connectivity index is 1.49. The van der Waals surface area contributed by atoms with Crippen molar-refractivity contribution in [3.63, 3.8) is 0 Å². The average molecular weight is 334 g/mol. The zero-order valence-electron chi connectivity index (χ0n) is 14.2. The molecule has 2 aliphatic heterocycles. The van der Waals surface area contributed by atoms with E-state index in [2.05, 4.69) is 17.1 Å². The van der Waals surface area contributed by atoms with Crippen LogP contribution in [0.25, 0.3) is 5.57 Å². The number of hydrogen-bond acceptors (Lipinski definition) is 3. The van der Waals surface area contributed by atoms with Gasteiger partial charge in [0.15, 0.2) is 0 Å². The molecule has 1 amide bonds. The summed E-state index contributed by atoms with van der Waals surface area (Å²) < 4.78 is 5.59. The quantitative estimate of drug-likeness (QED) is 0.834. The van der Waals surface area contributed by atoms with Crippen LogP contribution in [-0.2, 0) is 11.3 Å². The van der Waals surface area contributed by atoms with Crippen LogP contribution in [0.15, 0.2) is 60.9 Å². The lowest BCUT2D eigenvalue weighted by Crippen LogP contribution is -2.51. The number of benzene rings is 1. The highest BCUT2D eigenvalue weighted by Crippen LogP contribution is 2.37. The number of pyridine rings is 1. The first-order valence-electron chi connectivity index (χ1n) is 8.91. The van der Waals surface area contributed by atoms with Crippen molar-refractivity contribution in [1.29, 1.82) is 0 Å². The number of amides is 1. The number of ether oxygens (including phenoxy) is 1. The molecule has 1 saturated heterocycles. The summed E-state index contributed by atoms with van der Waals surface area (Å²) in [5.74, 6) is 0. The van der Waals surface area contributed by atoms with Gasteiger partial charge in [0.05, 0.1) is 6.04 Å². The molecule has 2 atom stereocenters. The zero-order valence-corrected chi connectivity index (χ0v) is 14.2. The van der Waals surface area contributed by atoms with Gasteiger partial charge in [-0.2, -0.15) is 0 Å². The van der Waals surface area contributed by atoms with Crippen LogP contribution in [0.5, 0.6) is 0 Å². The van der Waals surface area contributed by atoms with E-state index in [0.717, 1.165) is 36.8 Å². The maximum absolute atomic E-state index is 12.7. The molecule has 0 N–H and O–H groups in total. The first kappa shape index (κ1) is 15.9. The minimum absolute atomic E-state index is 0.131. The third-order valence-electron chi connectivity index (χ3n) is 5.09. The Hall–Kier alpha value is -2.62. The topological polar surface area (TPSA) is 42.4 Å². The first-order chi connectivity index (χ1) is 12.3. The van der Waals surface area contributed by atoms with Crippen LogP contribution in [0.1, 0.15) is 36.8 Å². The molecule has 1 fully saturated rings. The fraction of sp³-hybridized carbons (Fsp3) is 0.333. The molecule has 0 radical (unpaired) electrons. The summed E-state index contributed by atoms with van der Waals surface area (Å²) in [6.07, 6.45) is 9.81. The van der Waals surface area contributed by atoms with Gasteiger partial charge >= 0.3 is 6.09 Å². The number of carbonyl (C=O) groups is 1. The number of hydrogen-bond donors (Lipinski definition) is 0. The van der Waals surface area contributed by atoms with Gasteiger partial charge in [-0.3, -0.25) is 9.88 Å². The van der Waals surface area contributed by atoms with Crippen LogP contribution in [-0.4, -0.2) is 28.1 Å². The van der Waals surface area contributed by atoms with E-state index in [1.165, 1.54) is 5.57 Å². The van der Waals surface area contributed by atoms with Crippen molar-refractivity contribution in [2.45, 2.75) is 44.4 Å². The number of piperidine rings is 1. The molecular formula is C21H22N2O2. The second-order valence-corrected chi connectivity index (χ2v) is 6.74. The molecule has 2 bridgehead atoms. The summed E-state index contributed by atoms with van der Waals surface area (Å²) in [7, 11) is 0. The van der Waals surface area contributed by atoms with E-state index in [4.69, 9.17) is 4.74 Å². The maximum Gasteiger partial charge on any atom is 0.410 e. The summed E-state index contributed by atoms with van der Waals surface area (Å²) in [4.78, 5) is 18.9. The first-order valence-corrected chi connectivity index (χ1v) is 8.91. The van der Waals surface area contributed by atoms with Crippen molar-refractivity contribution in [2.24, 2.45) is 0 Å². The summed E-state index contributed by atoms with van der Waals surface area (Å²) in [5, 5.41) is 0. The third-order valence-corrected chi connectivity index (χ3v) is 5.09. The molecule has 25 heavy (non-hydrogen) atoms. The maximum atomic E-state index is 12.7. The van der Waals surface area contributed by atoms with Gasteiger partial charge in [-0.05, 0) is 48.4 Å². The van der Waals surface area contributed by atoms with Crippen molar-refractivity contribution < 1.29 is 9.53 Å². The highest BCUT2D eigenvalue weighted by molar-refractivity contribution is 5.74. The molecule has 2 aliphatic rings. The zero-order chi connectivity index (χ0) is 17.1. The van der Waals surface area contributed by atoms with Gasteiger partial charge in [-0.1, -0.05) is 42.5 Å². The molecule has 128 valence electrons. The van der Waals surface area contributed by atoms with Gasteiger partial charge in [-0.25, -0.2) is 4.79 Å². The van der Waals surface area contributed by atoms with Gasteiger partial charge in [0, 0.05) is 18.4 Å². The van der Waals surface area contributed by atoms with Crippen LogP contribution in [0.3, 0.4) is 0 Å². The van der Waals surface area contributed by atoms with E-state index in [0.29, 0.717) is 6.61 Å². The highest BCUT2D eigenvalue weighted by atomic mass is 16.6. The molecule has 4 rings (SSSR count). The number of nitrogens with zero attached hydrogens (tertiary/aromatic N) is 2. The lowest BCUT2D eigenvalue weighted by atomic mass is 9.83. The molecule has 1 aromatic carbocycles. The van der Waals surface area contributed by atoms with Crippen LogP contribution >= 0.6 is 0 Å². The van der Waals surface area contributed by atoms with E-state index < -0.39 is 0 Å². The number of fused-ring (bicyclic) bond motifs is 2. The SMILES string of the molecule is O=C(OCc1ccccc1)N1C2C=C(c3cccnc3)CC1CCC2. The minimum atomic E-state index is -0.194. The molecule has 0 saturated carbocycles. The molecule has 1 aromatic heterocycles. The molecule has 4 nitrogen and oxygen atoms in total. The molecule has 2 unspecified atom stereocenters. The molecule has 2 aromatic rings. The van der Waals surface area contributed by atoms with Crippen molar-refractivity contribution >= 4 is 11.7 Å².